The van der Waals surface area contributed by atoms with Crippen LogP contribution < -0.4 is 15.4 Å². The molecule has 8 nitrogen and oxygen atoms in total. The number of anilines is 1. The SMILES string of the molecule is COc1cc(NCC(=O)NCC(=O)O)nc(C)n1. The highest BCUT2D eigenvalue weighted by Crippen LogP contribution is 2.11. The third-order valence-electron chi connectivity index (χ3n) is 1.89. The van der Waals surface area contributed by atoms with Crippen molar-refractivity contribution in [2.45, 2.75) is 6.92 Å². The van der Waals surface area contributed by atoms with Gasteiger partial charge in [0, 0.05) is 6.07 Å². The number of aliphatic carboxylic acids is 1. The minimum absolute atomic E-state index is 0.0765. The number of methoxy groups -OCH3 is 1. The lowest BCUT2D eigenvalue weighted by atomic mass is 10.4. The van der Waals surface area contributed by atoms with Gasteiger partial charge in [-0.25, -0.2) is 4.98 Å². The molecule has 0 fully saturated rings. The topological polar surface area (TPSA) is 113 Å². The van der Waals surface area contributed by atoms with E-state index in [9.17, 15) is 9.59 Å². The van der Waals surface area contributed by atoms with Crippen molar-refractivity contribution in [1.82, 2.24) is 15.3 Å². The number of carbonyl (C=O) groups is 2. The van der Waals surface area contributed by atoms with Crippen molar-refractivity contribution in [3.05, 3.63) is 11.9 Å². The lowest BCUT2D eigenvalue weighted by Crippen LogP contribution is -2.34. The second-order valence-corrected chi connectivity index (χ2v) is 3.37. The number of carboxylic acids is 1. The molecule has 0 unspecified atom stereocenters. The molecule has 0 aromatic carbocycles. The highest BCUT2D eigenvalue weighted by Gasteiger charge is 2.06. The van der Waals surface area contributed by atoms with Gasteiger partial charge in [-0.15, -0.1) is 0 Å². The van der Waals surface area contributed by atoms with Gasteiger partial charge in [0.15, 0.2) is 0 Å². The Kier molecular flexibility index (Phi) is 4.85. The number of rotatable bonds is 6. The first-order chi connectivity index (χ1) is 8.51. The molecule has 1 rings (SSSR count). The van der Waals surface area contributed by atoms with E-state index in [1.807, 2.05) is 0 Å². The third kappa shape index (κ3) is 4.64. The van der Waals surface area contributed by atoms with E-state index in [4.69, 9.17) is 9.84 Å². The molecule has 1 aromatic heterocycles. The maximum atomic E-state index is 11.2. The summed E-state index contributed by atoms with van der Waals surface area (Å²) >= 11 is 0. The van der Waals surface area contributed by atoms with Gasteiger partial charge in [0.1, 0.15) is 18.2 Å². The van der Waals surface area contributed by atoms with E-state index in [-0.39, 0.29) is 6.54 Å². The lowest BCUT2D eigenvalue weighted by Gasteiger charge is -2.07. The fourth-order valence-corrected chi connectivity index (χ4v) is 1.14. The van der Waals surface area contributed by atoms with Crippen molar-refractivity contribution >= 4 is 17.7 Å². The summed E-state index contributed by atoms with van der Waals surface area (Å²) in [4.78, 5) is 29.5. The van der Waals surface area contributed by atoms with E-state index in [2.05, 4.69) is 20.6 Å². The Morgan fingerprint density at radius 2 is 2.11 bits per heavy atom. The Labute approximate surface area is 103 Å². The first-order valence-corrected chi connectivity index (χ1v) is 5.13. The highest BCUT2D eigenvalue weighted by atomic mass is 16.5. The van der Waals surface area contributed by atoms with Crippen molar-refractivity contribution in [1.29, 1.82) is 0 Å². The molecule has 0 spiro atoms. The van der Waals surface area contributed by atoms with Crippen LogP contribution in [-0.4, -0.2) is 47.2 Å². The Morgan fingerprint density at radius 3 is 2.72 bits per heavy atom. The molecular weight excluding hydrogens is 240 g/mol. The molecule has 0 atom stereocenters. The van der Waals surface area contributed by atoms with Crippen molar-refractivity contribution in [2.24, 2.45) is 0 Å². The van der Waals surface area contributed by atoms with E-state index in [1.54, 1.807) is 6.92 Å². The molecule has 0 radical (unpaired) electrons. The average Bonchev–Trinajstić information content (AvgIpc) is 2.33. The Morgan fingerprint density at radius 1 is 1.39 bits per heavy atom. The summed E-state index contributed by atoms with van der Waals surface area (Å²) < 4.78 is 4.95. The molecule has 1 heterocycles. The molecule has 3 N–H and O–H groups in total. The summed E-state index contributed by atoms with van der Waals surface area (Å²) in [5.41, 5.74) is 0. The smallest absolute Gasteiger partial charge is 0.322 e. The maximum Gasteiger partial charge on any atom is 0.322 e. The lowest BCUT2D eigenvalue weighted by molar-refractivity contribution is -0.137. The minimum atomic E-state index is -1.09. The number of hydrogen-bond donors (Lipinski definition) is 3. The number of aryl methyl sites for hydroxylation is 1. The van der Waals surface area contributed by atoms with Crippen molar-refractivity contribution in [2.75, 3.05) is 25.5 Å². The van der Waals surface area contributed by atoms with Gasteiger partial charge in [0.05, 0.1) is 13.7 Å². The van der Waals surface area contributed by atoms with Gasteiger partial charge >= 0.3 is 5.97 Å². The van der Waals surface area contributed by atoms with Crippen LogP contribution in [0.25, 0.3) is 0 Å². The summed E-state index contributed by atoms with van der Waals surface area (Å²) in [5, 5.41) is 13.3. The molecule has 0 aliphatic rings. The number of nitrogens with zero attached hydrogens (tertiary/aromatic N) is 2. The zero-order chi connectivity index (χ0) is 13.5. The average molecular weight is 254 g/mol. The predicted molar refractivity (Wildman–Crippen MR) is 62.5 cm³/mol. The van der Waals surface area contributed by atoms with E-state index in [0.717, 1.165) is 0 Å². The number of carbonyl (C=O) groups excluding carboxylic acids is 1. The highest BCUT2D eigenvalue weighted by molar-refractivity contribution is 5.84. The molecule has 18 heavy (non-hydrogen) atoms. The van der Waals surface area contributed by atoms with Crippen LogP contribution in [0.2, 0.25) is 0 Å². The molecule has 0 aliphatic carbocycles. The quantitative estimate of drug-likeness (QED) is 0.621. The van der Waals surface area contributed by atoms with E-state index < -0.39 is 18.4 Å². The van der Waals surface area contributed by atoms with Crippen LogP contribution in [0.1, 0.15) is 5.82 Å². The zero-order valence-electron chi connectivity index (χ0n) is 10.1. The molecule has 8 heteroatoms. The van der Waals surface area contributed by atoms with Crippen LogP contribution in [0.3, 0.4) is 0 Å². The van der Waals surface area contributed by atoms with Gasteiger partial charge in [0.2, 0.25) is 11.8 Å². The molecule has 98 valence electrons. The summed E-state index contributed by atoms with van der Waals surface area (Å²) in [5.74, 6) is -0.209. The van der Waals surface area contributed by atoms with Crippen molar-refractivity contribution in [3.63, 3.8) is 0 Å². The molecule has 0 saturated heterocycles. The van der Waals surface area contributed by atoms with Crippen LogP contribution >= 0.6 is 0 Å². The van der Waals surface area contributed by atoms with Gasteiger partial charge in [-0.1, -0.05) is 0 Å². The second-order valence-electron chi connectivity index (χ2n) is 3.37. The monoisotopic (exact) mass is 254 g/mol. The van der Waals surface area contributed by atoms with Crippen LogP contribution in [0, 0.1) is 6.92 Å². The van der Waals surface area contributed by atoms with Crippen LogP contribution in [0.5, 0.6) is 5.88 Å². The predicted octanol–water partition coefficient (Wildman–Crippen LogP) is -0.594. The molecule has 0 bridgehead atoms. The maximum absolute atomic E-state index is 11.2. The number of amides is 1. The second kappa shape index (κ2) is 6.38. The zero-order valence-corrected chi connectivity index (χ0v) is 10.1. The fourth-order valence-electron chi connectivity index (χ4n) is 1.14. The standard InChI is InChI=1S/C10H14N4O4/c1-6-13-7(3-9(14-6)18-2)11-4-8(15)12-5-10(16)17/h3H,4-5H2,1-2H3,(H,12,15)(H,16,17)(H,11,13,14). The van der Waals surface area contributed by atoms with E-state index in [0.29, 0.717) is 17.5 Å². The van der Waals surface area contributed by atoms with Gasteiger partial charge in [-0.3, -0.25) is 9.59 Å². The molecule has 1 amide bonds. The van der Waals surface area contributed by atoms with Gasteiger partial charge in [0.25, 0.3) is 0 Å². The summed E-state index contributed by atoms with van der Waals surface area (Å²) in [6.07, 6.45) is 0. The van der Waals surface area contributed by atoms with E-state index in [1.165, 1.54) is 13.2 Å². The molecule has 0 aliphatic heterocycles. The summed E-state index contributed by atoms with van der Waals surface area (Å²) in [7, 11) is 1.48. The van der Waals surface area contributed by atoms with Crippen LogP contribution in [-0.2, 0) is 9.59 Å². The van der Waals surface area contributed by atoms with Crippen molar-refractivity contribution in [3.8, 4) is 5.88 Å². The first kappa shape index (κ1) is 13.7. The summed E-state index contributed by atoms with van der Waals surface area (Å²) in [6.45, 7) is 1.21. The Hall–Kier alpha value is -2.38. The normalized spacial score (nSPS) is 9.67. The molecule has 0 saturated carbocycles. The third-order valence-corrected chi connectivity index (χ3v) is 1.89. The Balaban J connectivity index is 2.50. The van der Waals surface area contributed by atoms with Crippen molar-refractivity contribution < 1.29 is 19.4 Å². The van der Waals surface area contributed by atoms with Gasteiger partial charge in [-0.2, -0.15) is 4.98 Å². The number of nitrogens with one attached hydrogen (secondary N) is 2. The number of carboxylic acid groups (broad SMARTS) is 1. The fraction of sp³-hybridized carbons (Fsp3) is 0.400. The first-order valence-electron chi connectivity index (χ1n) is 5.13. The summed E-state index contributed by atoms with van der Waals surface area (Å²) in [6, 6.07) is 1.54. The van der Waals surface area contributed by atoms with Crippen LogP contribution in [0.15, 0.2) is 6.07 Å². The Bertz CT molecular complexity index is 450. The molecule has 1 aromatic rings. The number of ether oxygens (including phenoxy) is 1. The van der Waals surface area contributed by atoms with Gasteiger partial charge < -0.3 is 20.5 Å². The van der Waals surface area contributed by atoms with Gasteiger partial charge in [-0.05, 0) is 6.92 Å². The minimum Gasteiger partial charge on any atom is -0.481 e. The number of hydrogen-bond acceptors (Lipinski definition) is 6. The molecular formula is C10H14N4O4. The number of aromatic nitrogens is 2. The largest absolute Gasteiger partial charge is 0.481 e. The van der Waals surface area contributed by atoms with E-state index >= 15 is 0 Å². The van der Waals surface area contributed by atoms with Crippen LogP contribution in [0.4, 0.5) is 5.82 Å².